The number of aromatic carboxylic acids is 1. The van der Waals surface area contributed by atoms with Crippen molar-refractivity contribution in [3.05, 3.63) is 107 Å². The first-order chi connectivity index (χ1) is 48.2. The number of benzene rings is 2. The molecule has 2 aliphatic heterocycles. The van der Waals surface area contributed by atoms with Gasteiger partial charge in [0.05, 0.1) is 54.8 Å². The molecular weight excluding hydrogens is 1320 g/mol. The number of imide groups is 1. The summed E-state index contributed by atoms with van der Waals surface area (Å²) in [6.45, 7) is 13.1. The van der Waals surface area contributed by atoms with Gasteiger partial charge in [0.2, 0.25) is 17.7 Å². The highest BCUT2D eigenvalue weighted by atomic mass is 32.1. The molecule has 4 bridgehead atoms. The van der Waals surface area contributed by atoms with Crippen LogP contribution in [0.2, 0.25) is 0 Å². The van der Waals surface area contributed by atoms with Crippen molar-refractivity contribution >= 4 is 103 Å². The normalized spacial score (nSPS) is 20.9. The number of aliphatic carboxylic acids is 1. The lowest BCUT2D eigenvalue weighted by molar-refractivity contribution is -0.248. The predicted molar refractivity (Wildman–Crippen MR) is 373 cm³/mol. The van der Waals surface area contributed by atoms with Gasteiger partial charge in [0.1, 0.15) is 24.5 Å². The number of fused-ring (bicyclic) bond motifs is 2. The van der Waals surface area contributed by atoms with E-state index < -0.39 is 77.2 Å². The summed E-state index contributed by atoms with van der Waals surface area (Å²) in [6.07, 6.45) is 9.96. The Morgan fingerprint density at radius 3 is 2.26 bits per heavy atom. The molecule has 30 heteroatoms. The van der Waals surface area contributed by atoms with Crippen molar-refractivity contribution in [2.24, 2.45) is 27.9 Å². The average molecular weight is 1410 g/mol. The summed E-state index contributed by atoms with van der Waals surface area (Å²) in [5.74, 6) is -3.62. The van der Waals surface area contributed by atoms with E-state index >= 15 is 0 Å². The smallest absolute Gasteiger partial charge is 0.410 e. The molecule has 6 aromatic rings. The number of pyridine rings is 1. The number of carboxylic acid groups (broad SMARTS) is 2. The van der Waals surface area contributed by atoms with Gasteiger partial charge in [-0.2, -0.15) is 5.10 Å². The second kappa shape index (κ2) is 30.5. The molecule has 4 saturated carbocycles. The summed E-state index contributed by atoms with van der Waals surface area (Å²) < 4.78 is 21.3. The van der Waals surface area contributed by atoms with Crippen LogP contribution >= 0.6 is 11.3 Å². The third kappa shape index (κ3) is 17.1. The standard InChI is InChI=1S/C71H87N15O14S/c1-42(2)58(79-54(87)24-30-98-31-29-85-55(88)21-22-56(85)89)63(93)76-51(13-9-25-73-65(72)96)62(92)75-46-17-15-45(16-18-46)34-99-67(97)83(27-23-57(90)91)28-32-100-71-38-68(5)35-69(6,39-71)37-70(36-68,40-71)41-86-44(4)49(33-74-86)48-19-20-53(78-59(48)64(94)95)84-26-10-11-47-43(3)60(81-82-61(47)84)80-66-77-50-12-7-8-14-52(50)101-66/h7-8,12,14-22,33,42,51,58H,9-11,13,23-32,34-41H2,1-6H3,(H,75,92)(H,76,93)(H,79,87)(H,90,91)(H,94,95)(H3,72,73,96)(H,77,80,81)/t51-,58-,68-,69+,70?,71?/m0/s1. The van der Waals surface area contributed by atoms with Crippen LogP contribution in [0.1, 0.15) is 131 Å². The molecule has 12 rings (SSSR count). The molecule has 9 N–H and O–H groups in total. The highest BCUT2D eigenvalue weighted by Gasteiger charge is 2.66. The van der Waals surface area contributed by atoms with Crippen LogP contribution in [0.4, 0.5) is 37.9 Å². The van der Waals surface area contributed by atoms with Crippen LogP contribution in [0.25, 0.3) is 21.3 Å². The number of hydrogen-bond donors (Lipinski definition) is 8. The van der Waals surface area contributed by atoms with Crippen LogP contribution in [0.3, 0.4) is 0 Å². The first kappa shape index (κ1) is 72.3. The van der Waals surface area contributed by atoms with Crippen LogP contribution in [0.15, 0.2) is 79.0 Å². The second-order valence-corrected chi connectivity index (χ2v) is 29.4. The number of nitrogens with two attached hydrogens (primary N) is 1. The number of carbonyl (C=O) groups is 9. The third-order valence-corrected chi connectivity index (χ3v) is 20.7. The lowest BCUT2D eigenvalue weighted by atomic mass is 9.39. The fourth-order valence-corrected chi connectivity index (χ4v) is 17.1. The topological polar surface area (TPSA) is 387 Å². The fraction of sp³-hybridized carbons (Fsp3) is 0.493. The van der Waals surface area contributed by atoms with Gasteiger partial charge >= 0.3 is 24.1 Å². The van der Waals surface area contributed by atoms with Crippen molar-refractivity contribution < 1.29 is 67.6 Å². The Morgan fingerprint density at radius 2 is 1.55 bits per heavy atom. The van der Waals surface area contributed by atoms with E-state index in [0.717, 1.165) is 95.5 Å². The Bertz CT molecular complexity index is 4130. The molecule has 536 valence electrons. The van der Waals surface area contributed by atoms with Crippen molar-refractivity contribution in [1.29, 1.82) is 0 Å². The number of ether oxygens (including phenoxy) is 3. The van der Waals surface area contributed by atoms with E-state index in [1.54, 1.807) is 50.4 Å². The molecule has 4 aromatic heterocycles. The summed E-state index contributed by atoms with van der Waals surface area (Å²) in [6, 6.07) is 15.1. The van der Waals surface area contributed by atoms with Gasteiger partial charge in [-0.25, -0.2) is 24.4 Å². The van der Waals surface area contributed by atoms with Crippen LogP contribution < -0.4 is 37.2 Å². The number of nitrogens with zero attached hydrogens (tertiary/aromatic N) is 9. The molecule has 8 amide bonds. The maximum atomic E-state index is 13.9. The molecule has 2 unspecified atom stereocenters. The number of amides is 8. The summed E-state index contributed by atoms with van der Waals surface area (Å²) in [5.41, 5.74) is 9.85. The van der Waals surface area contributed by atoms with E-state index in [2.05, 4.69) is 50.6 Å². The number of thiazole rings is 1. The maximum Gasteiger partial charge on any atom is 0.410 e. The number of carboxylic acids is 2. The highest BCUT2D eigenvalue weighted by Crippen LogP contribution is 2.72. The molecule has 6 atom stereocenters. The number of anilines is 5. The number of primary amides is 1. The van der Waals surface area contributed by atoms with E-state index in [-0.39, 0.29) is 100 Å². The first-order valence-corrected chi connectivity index (χ1v) is 35.0. The van der Waals surface area contributed by atoms with Crippen molar-refractivity contribution in [3.8, 4) is 11.1 Å². The van der Waals surface area contributed by atoms with E-state index in [0.29, 0.717) is 58.1 Å². The van der Waals surface area contributed by atoms with Gasteiger partial charge in [-0.1, -0.05) is 63.3 Å². The molecule has 6 aliphatic rings. The maximum absolute atomic E-state index is 13.9. The molecule has 4 aliphatic carbocycles. The number of urea groups is 1. The third-order valence-electron chi connectivity index (χ3n) is 19.7. The fourth-order valence-electron chi connectivity index (χ4n) is 16.2. The Balaban J connectivity index is 0.695. The molecule has 0 saturated heterocycles. The Labute approximate surface area is 587 Å². The molecule has 0 radical (unpaired) electrons. The Morgan fingerprint density at radius 1 is 0.812 bits per heavy atom. The minimum absolute atomic E-state index is 0.00933. The Hall–Kier alpha value is -9.94. The lowest BCUT2D eigenvalue weighted by Crippen LogP contribution is -2.64. The lowest BCUT2D eigenvalue weighted by Gasteiger charge is -2.69. The molecule has 2 aromatic carbocycles. The summed E-state index contributed by atoms with van der Waals surface area (Å²) in [7, 11) is 0. The van der Waals surface area contributed by atoms with Crippen molar-refractivity contribution in [2.45, 2.75) is 149 Å². The molecular formula is C71H87N15O14S. The average Bonchev–Trinajstić information content (AvgIpc) is 1.51. The van der Waals surface area contributed by atoms with Gasteiger partial charge in [0.15, 0.2) is 22.5 Å². The van der Waals surface area contributed by atoms with Gasteiger partial charge in [0.25, 0.3) is 11.8 Å². The zero-order chi connectivity index (χ0) is 72.0. The number of nitrogens with one attached hydrogen (secondary N) is 5. The van der Waals surface area contributed by atoms with Crippen LogP contribution in [0.5, 0.6) is 0 Å². The molecule has 0 spiro atoms. The minimum atomic E-state index is -1.17. The van der Waals surface area contributed by atoms with Gasteiger partial charge < -0.3 is 66.5 Å². The number of carbonyl (C=O) groups excluding carboxylic acids is 7. The number of hydrogen-bond acceptors (Lipinski definition) is 20. The van der Waals surface area contributed by atoms with Crippen LogP contribution in [-0.4, -0.2) is 174 Å². The molecule has 101 heavy (non-hydrogen) atoms. The largest absolute Gasteiger partial charge is 0.481 e. The van der Waals surface area contributed by atoms with Gasteiger partial charge in [-0.15, -0.1) is 10.2 Å². The van der Waals surface area contributed by atoms with Crippen LogP contribution in [-0.2, 0) is 62.6 Å². The van der Waals surface area contributed by atoms with E-state index in [1.165, 1.54) is 16.2 Å². The molecule has 6 heterocycles. The summed E-state index contributed by atoms with van der Waals surface area (Å²) in [4.78, 5) is 128. The molecule has 4 fully saturated rings. The van der Waals surface area contributed by atoms with E-state index in [4.69, 9.17) is 35.0 Å². The van der Waals surface area contributed by atoms with Crippen molar-refractivity contribution in [1.82, 2.24) is 55.7 Å². The zero-order valence-corrected chi connectivity index (χ0v) is 58.4. The van der Waals surface area contributed by atoms with Gasteiger partial charge in [-0.3, -0.25) is 38.3 Å². The predicted octanol–water partition coefficient (Wildman–Crippen LogP) is 8.08. The quantitative estimate of drug-likeness (QED) is 0.0146. The van der Waals surface area contributed by atoms with Gasteiger partial charge in [0, 0.05) is 84.9 Å². The first-order valence-electron chi connectivity index (χ1n) is 34.1. The van der Waals surface area contributed by atoms with E-state index in [1.807, 2.05) is 53.8 Å². The summed E-state index contributed by atoms with van der Waals surface area (Å²) >= 11 is 1.54. The SMILES string of the molecule is Cc1c(Nc2nc3ccccc3s2)nnc2c1CCCN2c1ccc(-c2cnn(CC34CC5(OCCN(CCC(=O)O)C(=O)OCc6ccc(NC(=O)[C@H](CCCNC(N)=O)NC(=O)[C@@H](NC(=O)CCOCCN7C(=O)C=CC7=O)C(C)C)cc6)C[C@](C)(C3)C[C@](C)(C4)C5)c2C)c(C(=O)O)n1. The van der Waals surface area contributed by atoms with Gasteiger partial charge in [-0.05, 0) is 142 Å². The monoisotopic (exact) mass is 1410 g/mol. The highest BCUT2D eigenvalue weighted by molar-refractivity contribution is 7.22. The van der Waals surface area contributed by atoms with Crippen molar-refractivity contribution in [2.75, 3.05) is 68.1 Å². The Kier molecular flexibility index (Phi) is 21.8. The zero-order valence-electron chi connectivity index (χ0n) is 57.6. The van der Waals surface area contributed by atoms with Crippen molar-refractivity contribution in [3.63, 3.8) is 0 Å². The number of aromatic nitrogens is 6. The second-order valence-electron chi connectivity index (χ2n) is 28.4. The summed E-state index contributed by atoms with van der Waals surface area (Å²) in [5, 5.41) is 49.5. The van der Waals surface area contributed by atoms with E-state index in [9.17, 15) is 53.4 Å². The minimum Gasteiger partial charge on any atom is -0.481 e. The molecule has 29 nitrogen and oxygen atoms in total. The number of rotatable bonds is 32. The van der Waals surface area contributed by atoms with Crippen LogP contribution in [0, 0.1) is 36.0 Å². The number of para-hydroxylation sites is 1.